The number of fused-ring (bicyclic) bond motifs is 1. The molecule has 6 nitrogen and oxygen atoms in total. The molecule has 1 aromatic heterocycles. The number of hydrogen-bond acceptors (Lipinski definition) is 6. The Labute approximate surface area is 204 Å². The first kappa shape index (κ1) is 26.5. The lowest BCUT2D eigenvalue weighted by atomic mass is 10.2. The number of anilines is 1. The van der Waals surface area contributed by atoms with Crippen LogP contribution in [0.1, 0.15) is 19.4 Å². The summed E-state index contributed by atoms with van der Waals surface area (Å²) < 4.78 is 26.6. The predicted molar refractivity (Wildman–Crippen MR) is 135 cm³/mol. The number of nitrogens with zero attached hydrogens (tertiary/aromatic N) is 3. The number of carbonyl (C=O) groups is 1. The van der Waals surface area contributed by atoms with Gasteiger partial charge in [-0.05, 0) is 62.0 Å². The number of rotatable bonds is 9. The average Bonchev–Trinajstić information content (AvgIpc) is 3.13. The van der Waals surface area contributed by atoms with Gasteiger partial charge in [0.15, 0.2) is 15.0 Å². The zero-order valence-electron chi connectivity index (χ0n) is 18.2. The van der Waals surface area contributed by atoms with Gasteiger partial charge in [0, 0.05) is 18.1 Å². The van der Waals surface area contributed by atoms with E-state index in [9.17, 15) is 13.2 Å². The molecule has 3 aromatic rings. The third kappa shape index (κ3) is 6.42. The van der Waals surface area contributed by atoms with Gasteiger partial charge in [0.05, 0.1) is 15.1 Å². The quantitative estimate of drug-likeness (QED) is 0.408. The van der Waals surface area contributed by atoms with Crippen LogP contribution in [0.2, 0.25) is 5.02 Å². The van der Waals surface area contributed by atoms with Crippen LogP contribution in [0.4, 0.5) is 5.13 Å². The predicted octanol–water partition coefficient (Wildman–Crippen LogP) is 4.83. The highest BCUT2D eigenvalue weighted by Crippen LogP contribution is 2.30. The summed E-state index contributed by atoms with van der Waals surface area (Å²) in [6, 6.07) is 11.8. The van der Waals surface area contributed by atoms with Crippen LogP contribution in [0.3, 0.4) is 0 Å². The molecule has 174 valence electrons. The molecule has 0 radical (unpaired) electrons. The molecule has 0 N–H and O–H groups in total. The van der Waals surface area contributed by atoms with Crippen molar-refractivity contribution in [2.45, 2.75) is 25.7 Å². The largest absolute Gasteiger partial charge is 0.302 e. The zero-order valence-corrected chi connectivity index (χ0v) is 21.5. The van der Waals surface area contributed by atoms with Gasteiger partial charge < -0.3 is 4.90 Å². The van der Waals surface area contributed by atoms with Crippen molar-refractivity contribution in [3.05, 3.63) is 53.1 Å². The number of benzene rings is 2. The fraction of sp³-hybridized carbons (Fsp3) is 0.364. The minimum atomic E-state index is -3.80. The first-order valence-corrected chi connectivity index (χ1v) is 13.0. The van der Waals surface area contributed by atoms with E-state index < -0.39 is 21.5 Å². The molecule has 0 saturated heterocycles. The third-order valence-electron chi connectivity index (χ3n) is 5.09. The van der Waals surface area contributed by atoms with Crippen molar-refractivity contribution >= 4 is 66.4 Å². The van der Waals surface area contributed by atoms with Crippen LogP contribution >= 0.6 is 35.3 Å². The van der Waals surface area contributed by atoms with E-state index in [0.717, 1.165) is 28.9 Å². The maximum atomic E-state index is 13.2. The standard InChI is InChI=1S/C22H26ClN3O3S2.ClH/c1-4-25(5-2)12-13-26(22-24-19-11-6-16(3)14-20(19)30-22)21(27)15-31(28,29)18-9-7-17(23)8-10-18;/h6-11,14H,4-5,12-13,15H2,1-3H3;1H. The summed E-state index contributed by atoms with van der Waals surface area (Å²) in [5, 5.41) is 0.958. The smallest absolute Gasteiger partial charge is 0.244 e. The molecule has 3 rings (SSSR count). The molecular formula is C22H27Cl2N3O3S2. The van der Waals surface area contributed by atoms with Gasteiger partial charge in [0.25, 0.3) is 0 Å². The molecule has 0 aliphatic rings. The second kappa shape index (κ2) is 11.4. The monoisotopic (exact) mass is 515 g/mol. The molecule has 0 unspecified atom stereocenters. The van der Waals surface area contributed by atoms with Crippen LogP contribution < -0.4 is 4.90 Å². The maximum Gasteiger partial charge on any atom is 0.244 e. The van der Waals surface area contributed by atoms with Crippen LogP contribution in [0, 0.1) is 6.92 Å². The van der Waals surface area contributed by atoms with E-state index in [1.54, 1.807) is 0 Å². The minimum Gasteiger partial charge on any atom is -0.302 e. The van der Waals surface area contributed by atoms with E-state index in [0.29, 0.717) is 23.2 Å². The van der Waals surface area contributed by atoms with E-state index >= 15 is 0 Å². The zero-order chi connectivity index (χ0) is 22.6. The van der Waals surface area contributed by atoms with Crippen molar-refractivity contribution in [2.24, 2.45) is 0 Å². The summed E-state index contributed by atoms with van der Waals surface area (Å²) in [5.41, 5.74) is 1.90. The summed E-state index contributed by atoms with van der Waals surface area (Å²) in [7, 11) is -3.80. The Morgan fingerprint density at radius 2 is 1.72 bits per heavy atom. The highest BCUT2D eigenvalue weighted by Gasteiger charge is 2.27. The summed E-state index contributed by atoms with van der Waals surface area (Å²) in [4.78, 5) is 21.6. The number of aromatic nitrogens is 1. The van der Waals surface area contributed by atoms with Crippen molar-refractivity contribution in [1.82, 2.24) is 9.88 Å². The minimum absolute atomic E-state index is 0. The molecule has 2 aromatic carbocycles. The van der Waals surface area contributed by atoms with Crippen LogP contribution in [0.5, 0.6) is 0 Å². The molecule has 0 aliphatic carbocycles. The number of hydrogen-bond donors (Lipinski definition) is 0. The van der Waals surface area contributed by atoms with Gasteiger partial charge in [-0.25, -0.2) is 13.4 Å². The van der Waals surface area contributed by atoms with Gasteiger partial charge in [-0.15, -0.1) is 12.4 Å². The molecule has 0 aliphatic heterocycles. The topological polar surface area (TPSA) is 70.6 Å². The molecule has 10 heteroatoms. The summed E-state index contributed by atoms with van der Waals surface area (Å²) in [6.45, 7) is 8.81. The van der Waals surface area contributed by atoms with Crippen molar-refractivity contribution in [3.8, 4) is 0 Å². The fourth-order valence-corrected chi connectivity index (χ4v) is 5.64. The Bertz CT molecular complexity index is 1160. The van der Waals surface area contributed by atoms with E-state index in [1.807, 2.05) is 25.1 Å². The molecule has 0 fully saturated rings. The molecule has 0 atom stereocenters. The Morgan fingerprint density at radius 1 is 1.06 bits per heavy atom. The Morgan fingerprint density at radius 3 is 2.34 bits per heavy atom. The van der Waals surface area contributed by atoms with Gasteiger partial charge in [-0.1, -0.05) is 42.9 Å². The molecular weight excluding hydrogens is 489 g/mol. The lowest BCUT2D eigenvalue weighted by Crippen LogP contribution is -2.41. The number of amides is 1. The van der Waals surface area contributed by atoms with Crippen LogP contribution in [0.15, 0.2) is 47.4 Å². The Balaban J connectivity index is 0.00000363. The number of thiazole rings is 1. The molecule has 32 heavy (non-hydrogen) atoms. The van der Waals surface area contributed by atoms with Gasteiger partial charge >= 0.3 is 0 Å². The number of likely N-dealkylation sites (N-methyl/N-ethyl adjacent to an activating group) is 1. The highest BCUT2D eigenvalue weighted by atomic mass is 35.5. The first-order valence-electron chi connectivity index (χ1n) is 10.1. The Kier molecular flexibility index (Phi) is 9.48. The van der Waals surface area contributed by atoms with Gasteiger partial charge in [0.2, 0.25) is 5.91 Å². The molecule has 1 heterocycles. The highest BCUT2D eigenvalue weighted by molar-refractivity contribution is 7.92. The average molecular weight is 517 g/mol. The van der Waals surface area contributed by atoms with Crippen molar-refractivity contribution in [3.63, 3.8) is 0 Å². The summed E-state index contributed by atoms with van der Waals surface area (Å²) in [5.74, 6) is -1.11. The van der Waals surface area contributed by atoms with E-state index in [2.05, 4.69) is 23.7 Å². The lowest BCUT2D eigenvalue weighted by Gasteiger charge is -2.24. The molecule has 0 spiro atoms. The van der Waals surface area contributed by atoms with Crippen molar-refractivity contribution < 1.29 is 13.2 Å². The fourth-order valence-electron chi connectivity index (χ4n) is 3.21. The van der Waals surface area contributed by atoms with E-state index in [1.165, 1.54) is 40.5 Å². The van der Waals surface area contributed by atoms with Gasteiger partial charge in [0.1, 0.15) is 5.75 Å². The maximum absolute atomic E-state index is 13.2. The SMILES string of the molecule is CCN(CC)CCN(C(=O)CS(=O)(=O)c1ccc(Cl)cc1)c1nc2ccc(C)cc2s1.Cl. The number of sulfone groups is 1. The van der Waals surface area contributed by atoms with Crippen LogP contribution in [0.25, 0.3) is 10.2 Å². The number of halogens is 2. The lowest BCUT2D eigenvalue weighted by molar-refractivity contribution is -0.116. The van der Waals surface area contributed by atoms with E-state index in [4.69, 9.17) is 11.6 Å². The van der Waals surface area contributed by atoms with Crippen LogP contribution in [-0.4, -0.2) is 56.1 Å². The third-order valence-corrected chi connectivity index (χ3v) is 8.00. The second-order valence-corrected chi connectivity index (χ2v) is 10.7. The second-order valence-electron chi connectivity index (χ2n) is 7.25. The number of carbonyl (C=O) groups excluding carboxylic acids is 1. The number of aryl methyl sites for hydroxylation is 1. The van der Waals surface area contributed by atoms with E-state index in [-0.39, 0.29) is 17.3 Å². The van der Waals surface area contributed by atoms with Gasteiger partial charge in [-0.2, -0.15) is 0 Å². The Hall–Kier alpha value is -1.71. The normalized spacial score (nSPS) is 11.5. The van der Waals surface area contributed by atoms with Gasteiger partial charge in [-0.3, -0.25) is 9.69 Å². The van der Waals surface area contributed by atoms with Crippen LogP contribution in [-0.2, 0) is 14.6 Å². The summed E-state index contributed by atoms with van der Waals surface area (Å²) in [6.07, 6.45) is 0. The van der Waals surface area contributed by atoms with Crippen molar-refractivity contribution in [2.75, 3.05) is 36.8 Å². The molecule has 0 saturated carbocycles. The first-order chi connectivity index (χ1) is 14.7. The van der Waals surface area contributed by atoms with Crippen molar-refractivity contribution in [1.29, 1.82) is 0 Å². The molecule has 1 amide bonds. The summed E-state index contributed by atoms with van der Waals surface area (Å²) >= 11 is 7.27. The molecule has 0 bridgehead atoms.